The summed E-state index contributed by atoms with van der Waals surface area (Å²) in [5.74, 6) is -0.595. The molecule has 128 valence electrons. The highest BCUT2D eigenvalue weighted by molar-refractivity contribution is 7.92. The van der Waals surface area contributed by atoms with Crippen LogP contribution >= 0.6 is 0 Å². The van der Waals surface area contributed by atoms with E-state index in [2.05, 4.69) is 4.72 Å². The number of hydrogen-bond acceptors (Lipinski definition) is 4. The number of nitrogens with one attached hydrogen (secondary N) is 1. The highest BCUT2D eigenvalue weighted by atomic mass is 32.2. The van der Waals surface area contributed by atoms with Gasteiger partial charge in [0.2, 0.25) is 0 Å². The van der Waals surface area contributed by atoms with Gasteiger partial charge in [0, 0.05) is 0 Å². The van der Waals surface area contributed by atoms with Crippen molar-refractivity contribution in [3.63, 3.8) is 0 Å². The van der Waals surface area contributed by atoms with Gasteiger partial charge in [0.15, 0.2) is 0 Å². The fourth-order valence-corrected chi connectivity index (χ4v) is 4.34. The molecular formula is C18H21NO4S. The molecule has 0 aliphatic heterocycles. The van der Waals surface area contributed by atoms with E-state index in [1.54, 1.807) is 26.0 Å². The predicted octanol–water partition coefficient (Wildman–Crippen LogP) is 3.51. The number of sulfonamides is 1. The van der Waals surface area contributed by atoms with E-state index in [0.29, 0.717) is 11.1 Å². The third-order valence-electron chi connectivity index (χ3n) is 4.14. The van der Waals surface area contributed by atoms with Gasteiger partial charge in [-0.25, -0.2) is 13.2 Å². The first-order valence-corrected chi connectivity index (χ1v) is 8.95. The van der Waals surface area contributed by atoms with Crippen LogP contribution in [0.5, 0.6) is 0 Å². The summed E-state index contributed by atoms with van der Waals surface area (Å²) in [6.45, 7) is 7.32. The van der Waals surface area contributed by atoms with Gasteiger partial charge in [-0.05, 0) is 62.1 Å². The minimum absolute atomic E-state index is 0.170. The van der Waals surface area contributed by atoms with Gasteiger partial charge in [0.05, 0.1) is 23.3 Å². The molecule has 24 heavy (non-hydrogen) atoms. The molecule has 2 rings (SSSR count). The molecule has 0 radical (unpaired) electrons. The van der Waals surface area contributed by atoms with E-state index in [0.717, 1.165) is 11.1 Å². The predicted molar refractivity (Wildman–Crippen MR) is 94.0 cm³/mol. The molecule has 0 aliphatic rings. The normalized spacial score (nSPS) is 11.2. The SMILES string of the molecule is COC(=O)c1ccccc1NS(=O)(=O)c1c(C)c(C)cc(C)c1C. The summed E-state index contributed by atoms with van der Waals surface area (Å²) >= 11 is 0. The molecule has 0 fully saturated rings. The number of esters is 1. The van der Waals surface area contributed by atoms with Crippen LogP contribution in [0.1, 0.15) is 32.6 Å². The number of para-hydroxylation sites is 1. The van der Waals surface area contributed by atoms with Crippen LogP contribution in [-0.2, 0) is 14.8 Å². The molecule has 2 aromatic carbocycles. The zero-order chi connectivity index (χ0) is 18.1. The summed E-state index contributed by atoms with van der Waals surface area (Å²) in [5, 5.41) is 0. The molecule has 0 spiro atoms. The molecule has 0 saturated carbocycles. The Morgan fingerprint density at radius 3 is 2.08 bits per heavy atom. The Kier molecular flexibility index (Phi) is 4.99. The Morgan fingerprint density at radius 2 is 1.54 bits per heavy atom. The summed E-state index contributed by atoms with van der Waals surface area (Å²) in [7, 11) is -2.59. The molecule has 0 unspecified atom stereocenters. The van der Waals surface area contributed by atoms with Gasteiger partial charge >= 0.3 is 5.97 Å². The van der Waals surface area contributed by atoms with Crippen molar-refractivity contribution in [2.24, 2.45) is 0 Å². The third kappa shape index (κ3) is 3.28. The lowest BCUT2D eigenvalue weighted by Crippen LogP contribution is -2.19. The van der Waals surface area contributed by atoms with Crippen molar-refractivity contribution in [2.75, 3.05) is 11.8 Å². The van der Waals surface area contributed by atoms with E-state index < -0.39 is 16.0 Å². The number of carbonyl (C=O) groups is 1. The van der Waals surface area contributed by atoms with Crippen molar-refractivity contribution >= 4 is 21.7 Å². The molecule has 1 N–H and O–H groups in total. The lowest BCUT2D eigenvalue weighted by atomic mass is 10.0. The second-order valence-corrected chi connectivity index (χ2v) is 7.35. The molecule has 0 aliphatic carbocycles. The highest BCUT2D eigenvalue weighted by Gasteiger charge is 2.24. The van der Waals surface area contributed by atoms with Gasteiger partial charge in [0.25, 0.3) is 10.0 Å². The van der Waals surface area contributed by atoms with Crippen LogP contribution in [0.4, 0.5) is 5.69 Å². The maximum absolute atomic E-state index is 12.9. The van der Waals surface area contributed by atoms with E-state index in [4.69, 9.17) is 4.74 Å². The van der Waals surface area contributed by atoms with Crippen LogP contribution in [0, 0.1) is 27.7 Å². The number of rotatable bonds is 4. The fourth-order valence-electron chi connectivity index (χ4n) is 2.64. The van der Waals surface area contributed by atoms with Crippen LogP contribution in [0.25, 0.3) is 0 Å². The quantitative estimate of drug-likeness (QED) is 0.859. The third-order valence-corrected chi connectivity index (χ3v) is 5.78. The molecule has 0 heterocycles. The molecule has 2 aromatic rings. The number of ether oxygens (including phenoxy) is 1. The summed E-state index contributed by atoms with van der Waals surface area (Å²) in [5.41, 5.74) is 3.56. The van der Waals surface area contributed by atoms with E-state index in [1.165, 1.54) is 19.2 Å². The first-order chi connectivity index (χ1) is 11.2. The molecule has 5 nitrogen and oxygen atoms in total. The van der Waals surface area contributed by atoms with E-state index in [9.17, 15) is 13.2 Å². The lowest BCUT2D eigenvalue weighted by molar-refractivity contribution is 0.0602. The Labute approximate surface area is 142 Å². The molecule has 0 aromatic heterocycles. The number of methoxy groups -OCH3 is 1. The molecule has 0 bridgehead atoms. The second-order valence-electron chi connectivity index (χ2n) is 5.73. The van der Waals surface area contributed by atoms with Gasteiger partial charge in [-0.2, -0.15) is 0 Å². The van der Waals surface area contributed by atoms with E-state index in [-0.39, 0.29) is 16.1 Å². The number of hydrogen-bond donors (Lipinski definition) is 1. The maximum atomic E-state index is 12.9. The van der Waals surface area contributed by atoms with Gasteiger partial charge in [-0.3, -0.25) is 4.72 Å². The van der Waals surface area contributed by atoms with E-state index in [1.807, 2.05) is 19.9 Å². The van der Waals surface area contributed by atoms with Gasteiger partial charge in [-0.15, -0.1) is 0 Å². The van der Waals surface area contributed by atoms with Crippen LogP contribution in [-0.4, -0.2) is 21.5 Å². The zero-order valence-electron chi connectivity index (χ0n) is 14.4. The average molecular weight is 347 g/mol. The molecule has 0 atom stereocenters. The van der Waals surface area contributed by atoms with Crippen molar-refractivity contribution in [1.29, 1.82) is 0 Å². The molecule has 0 amide bonds. The monoisotopic (exact) mass is 347 g/mol. The minimum Gasteiger partial charge on any atom is -0.465 e. The van der Waals surface area contributed by atoms with Crippen LogP contribution < -0.4 is 4.72 Å². The summed E-state index contributed by atoms with van der Waals surface area (Å²) < 4.78 is 33.1. The number of aryl methyl sites for hydroxylation is 2. The summed E-state index contributed by atoms with van der Waals surface area (Å²) in [6.07, 6.45) is 0. The number of anilines is 1. The molecule has 6 heteroatoms. The number of carbonyl (C=O) groups excluding carboxylic acids is 1. The minimum atomic E-state index is -3.84. The van der Waals surface area contributed by atoms with Gasteiger partial charge in [0.1, 0.15) is 0 Å². The van der Waals surface area contributed by atoms with Crippen LogP contribution in [0.2, 0.25) is 0 Å². The van der Waals surface area contributed by atoms with Crippen molar-refractivity contribution in [2.45, 2.75) is 32.6 Å². The van der Waals surface area contributed by atoms with Gasteiger partial charge < -0.3 is 4.74 Å². The van der Waals surface area contributed by atoms with Crippen molar-refractivity contribution in [1.82, 2.24) is 0 Å². The van der Waals surface area contributed by atoms with Gasteiger partial charge in [-0.1, -0.05) is 18.2 Å². The van der Waals surface area contributed by atoms with Crippen LogP contribution in [0.15, 0.2) is 35.2 Å². The average Bonchev–Trinajstić information content (AvgIpc) is 2.52. The first-order valence-electron chi connectivity index (χ1n) is 7.46. The first kappa shape index (κ1) is 18.0. The standard InChI is InChI=1S/C18H21NO4S/c1-11-10-12(2)14(4)17(13(11)3)24(21,22)19-16-9-7-6-8-15(16)18(20)23-5/h6-10,19H,1-5H3. The van der Waals surface area contributed by atoms with Crippen molar-refractivity contribution in [3.05, 3.63) is 58.1 Å². The topological polar surface area (TPSA) is 72.5 Å². The Balaban J connectivity index is 2.58. The van der Waals surface area contributed by atoms with E-state index >= 15 is 0 Å². The van der Waals surface area contributed by atoms with Crippen LogP contribution in [0.3, 0.4) is 0 Å². The maximum Gasteiger partial charge on any atom is 0.339 e. The summed E-state index contributed by atoms with van der Waals surface area (Å²) in [6, 6.07) is 8.33. The largest absolute Gasteiger partial charge is 0.465 e. The molecule has 0 saturated heterocycles. The molecular weight excluding hydrogens is 326 g/mol. The van der Waals surface area contributed by atoms with Crippen molar-refractivity contribution in [3.8, 4) is 0 Å². The fraction of sp³-hybridized carbons (Fsp3) is 0.278. The lowest BCUT2D eigenvalue weighted by Gasteiger charge is -2.17. The zero-order valence-corrected chi connectivity index (χ0v) is 15.2. The summed E-state index contributed by atoms with van der Waals surface area (Å²) in [4.78, 5) is 12.1. The highest BCUT2D eigenvalue weighted by Crippen LogP contribution is 2.28. The second kappa shape index (κ2) is 6.65. The Bertz CT molecular complexity index is 875. The smallest absolute Gasteiger partial charge is 0.339 e. The van der Waals surface area contributed by atoms with Crippen molar-refractivity contribution < 1.29 is 17.9 Å². The number of benzene rings is 2. The Hall–Kier alpha value is -2.34. The Morgan fingerprint density at radius 1 is 1.00 bits per heavy atom.